The minimum Gasteiger partial charge on any atom is -0.258 e. The Hall–Kier alpha value is -2.40. The summed E-state index contributed by atoms with van der Waals surface area (Å²) in [5, 5.41) is 29.0. The Bertz CT molecular complexity index is 565. The molecule has 1 rings (SSSR count). The number of nitrogens with zero attached hydrogens (tertiary/aromatic N) is 3. The molecule has 0 radical (unpaired) electrons. The minimum absolute atomic E-state index is 0.0119. The summed E-state index contributed by atoms with van der Waals surface area (Å²) in [4.78, 5) is 10.6. The van der Waals surface area contributed by atoms with E-state index in [0.29, 0.717) is 29.5 Å². The van der Waals surface area contributed by atoms with E-state index >= 15 is 0 Å². The van der Waals surface area contributed by atoms with E-state index in [9.17, 15) is 10.1 Å². The second-order valence-corrected chi connectivity index (χ2v) is 3.81. The Morgan fingerprint density at radius 1 is 1.28 bits per heavy atom. The van der Waals surface area contributed by atoms with Gasteiger partial charge in [0.15, 0.2) is 0 Å². The highest BCUT2D eigenvalue weighted by molar-refractivity contribution is 5.60. The fourth-order valence-electron chi connectivity index (χ4n) is 2.07. The van der Waals surface area contributed by atoms with Crippen LogP contribution in [0, 0.1) is 32.8 Å². The maximum Gasteiger partial charge on any atom is 0.278 e. The van der Waals surface area contributed by atoms with E-state index in [4.69, 9.17) is 10.5 Å². The van der Waals surface area contributed by atoms with Crippen LogP contribution in [0.25, 0.3) is 0 Å². The zero-order chi connectivity index (χ0) is 13.7. The molecule has 0 aromatic heterocycles. The molecule has 5 heteroatoms. The molecule has 18 heavy (non-hydrogen) atoms. The number of aryl methyl sites for hydroxylation is 1. The molecule has 0 atom stereocenters. The third kappa shape index (κ3) is 2.31. The molecule has 0 fully saturated rings. The molecule has 0 heterocycles. The first-order valence-electron chi connectivity index (χ1n) is 5.69. The van der Waals surface area contributed by atoms with Gasteiger partial charge >= 0.3 is 0 Å². The third-order valence-corrected chi connectivity index (χ3v) is 2.86. The van der Waals surface area contributed by atoms with Gasteiger partial charge in [-0.15, -0.1) is 0 Å². The minimum atomic E-state index is -0.494. The molecular weight excluding hydrogens is 230 g/mol. The molecule has 0 N–H and O–H groups in total. The van der Waals surface area contributed by atoms with Crippen molar-refractivity contribution in [1.29, 1.82) is 10.5 Å². The van der Waals surface area contributed by atoms with E-state index in [1.165, 1.54) is 0 Å². The number of nitriles is 2. The first-order chi connectivity index (χ1) is 8.60. The average molecular weight is 243 g/mol. The van der Waals surface area contributed by atoms with Crippen molar-refractivity contribution in [2.75, 3.05) is 0 Å². The lowest BCUT2D eigenvalue weighted by Gasteiger charge is -2.10. The number of hydrogen-bond donors (Lipinski definition) is 0. The summed E-state index contributed by atoms with van der Waals surface area (Å²) in [6.45, 7) is 3.66. The number of benzene rings is 1. The molecule has 1 aromatic carbocycles. The van der Waals surface area contributed by atoms with Crippen LogP contribution in [0.1, 0.15) is 36.1 Å². The van der Waals surface area contributed by atoms with Gasteiger partial charge < -0.3 is 0 Å². The maximum atomic E-state index is 11.1. The molecule has 92 valence electrons. The van der Waals surface area contributed by atoms with E-state index in [0.717, 1.165) is 5.56 Å². The van der Waals surface area contributed by atoms with E-state index in [-0.39, 0.29) is 12.1 Å². The molecule has 0 saturated carbocycles. The lowest BCUT2D eigenvalue weighted by Crippen LogP contribution is -2.05. The SMILES string of the molecule is CCc1cc(CC#N)c([N+](=O)[O-])c(CC)c1C#N. The highest BCUT2D eigenvalue weighted by Gasteiger charge is 2.24. The van der Waals surface area contributed by atoms with Crippen LogP contribution in [-0.4, -0.2) is 4.92 Å². The van der Waals surface area contributed by atoms with E-state index in [1.807, 2.05) is 19.1 Å². The molecular formula is C13H13N3O2. The summed E-state index contributed by atoms with van der Waals surface area (Å²) in [5.41, 5.74) is 1.91. The van der Waals surface area contributed by atoms with Crippen LogP contribution in [0.5, 0.6) is 0 Å². The van der Waals surface area contributed by atoms with Crippen molar-refractivity contribution in [2.45, 2.75) is 33.1 Å². The highest BCUT2D eigenvalue weighted by atomic mass is 16.6. The summed E-state index contributed by atoms with van der Waals surface area (Å²) in [5.74, 6) is 0. The standard InChI is InChI=1S/C13H13N3O2/c1-3-9-7-10(5-6-14)13(16(17)18)11(4-2)12(9)8-15/h7H,3-5H2,1-2H3. The van der Waals surface area contributed by atoms with Crippen LogP contribution >= 0.6 is 0 Å². The number of rotatable bonds is 4. The normalized spacial score (nSPS) is 9.56. The predicted molar refractivity (Wildman–Crippen MR) is 65.9 cm³/mol. The fourth-order valence-corrected chi connectivity index (χ4v) is 2.07. The molecule has 0 saturated heterocycles. The van der Waals surface area contributed by atoms with Gasteiger partial charge in [-0.1, -0.05) is 13.8 Å². The lowest BCUT2D eigenvalue weighted by molar-refractivity contribution is -0.386. The molecule has 5 nitrogen and oxygen atoms in total. The van der Waals surface area contributed by atoms with Crippen LogP contribution in [0.2, 0.25) is 0 Å². The molecule has 0 amide bonds. The highest BCUT2D eigenvalue weighted by Crippen LogP contribution is 2.31. The maximum absolute atomic E-state index is 11.1. The molecule has 0 unspecified atom stereocenters. The van der Waals surface area contributed by atoms with Crippen molar-refractivity contribution < 1.29 is 4.92 Å². The number of nitro benzene ring substituents is 1. The van der Waals surface area contributed by atoms with Gasteiger partial charge in [-0.3, -0.25) is 10.1 Å². The molecule has 0 bridgehead atoms. The number of nitro groups is 1. The summed E-state index contributed by atoms with van der Waals surface area (Å²) in [7, 11) is 0. The monoisotopic (exact) mass is 243 g/mol. The van der Waals surface area contributed by atoms with Gasteiger partial charge in [0.05, 0.1) is 29.0 Å². The second-order valence-electron chi connectivity index (χ2n) is 3.81. The quantitative estimate of drug-likeness (QED) is 0.600. The van der Waals surface area contributed by atoms with Gasteiger partial charge in [0.25, 0.3) is 5.69 Å². The van der Waals surface area contributed by atoms with Crippen molar-refractivity contribution in [2.24, 2.45) is 0 Å². The zero-order valence-corrected chi connectivity index (χ0v) is 10.4. The van der Waals surface area contributed by atoms with E-state index in [2.05, 4.69) is 0 Å². The van der Waals surface area contributed by atoms with Gasteiger partial charge in [-0.25, -0.2) is 0 Å². The Morgan fingerprint density at radius 3 is 2.33 bits per heavy atom. The Balaban J connectivity index is 3.71. The van der Waals surface area contributed by atoms with Crippen LogP contribution in [-0.2, 0) is 19.3 Å². The smallest absolute Gasteiger partial charge is 0.258 e. The largest absolute Gasteiger partial charge is 0.278 e. The summed E-state index contributed by atoms with van der Waals surface area (Å²) in [6.07, 6.45) is 1.01. The second kappa shape index (κ2) is 5.79. The van der Waals surface area contributed by atoms with Gasteiger partial charge in [0.1, 0.15) is 0 Å². The predicted octanol–water partition coefficient (Wildman–Crippen LogP) is 2.66. The molecule has 1 aromatic rings. The average Bonchev–Trinajstić information content (AvgIpc) is 2.36. The zero-order valence-electron chi connectivity index (χ0n) is 10.4. The molecule has 0 spiro atoms. The van der Waals surface area contributed by atoms with Crippen molar-refractivity contribution in [3.63, 3.8) is 0 Å². The van der Waals surface area contributed by atoms with Crippen LogP contribution in [0.15, 0.2) is 6.07 Å². The first kappa shape index (κ1) is 13.7. The van der Waals surface area contributed by atoms with Gasteiger partial charge in [0, 0.05) is 11.1 Å². The third-order valence-electron chi connectivity index (χ3n) is 2.86. The van der Waals surface area contributed by atoms with Crippen LogP contribution in [0.4, 0.5) is 5.69 Å². The summed E-state index contributed by atoms with van der Waals surface area (Å²) >= 11 is 0. The van der Waals surface area contributed by atoms with Crippen molar-refractivity contribution >= 4 is 5.69 Å². The fraction of sp³-hybridized carbons (Fsp3) is 0.385. The van der Waals surface area contributed by atoms with Crippen molar-refractivity contribution in [3.8, 4) is 12.1 Å². The Labute approximate surface area is 105 Å². The van der Waals surface area contributed by atoms with Crippen molar-refractivity contribution in [1.82, 2.24) is 0 Å². The van der Waals surface area contributed by atoms with Gasteiger partial charge in [0.2, 0.25) is 0 Å². The van der Waals surface area contributed by atoms with Gasteiger partial charge in [-0.05, 0) is 24.5 Å². The summed E-state index contributed by atoms with van der Waals surface area (Å²) < 4.78 is 0. The summed E-state index contributed by atoms with van der Waals surface area (Å²) in [6, 6.07) is 5.59. The molecule has 0 aliphatic heterocycles. The van der Waals surface area contributed by atoms with Crippen molar-refractivity contribution in [3.05, 3.63) is 38.4 Å². The lowest BCUT2D eigenvalue weighted by atomic mass is 9.92. The van der Waals surface area contributed by atoms with Gasteiger partial charge in [-0.2, -0.15) is 10.5 Å². The van der Waals surface area contributed by atoms with E-state index < -0.39 is 4.92 Å². The first-order valence-corrected chi connectivity index (χ1v) is 5.69. The van der Waals surface area contributed by atoms with Crippen LogP contribution in [0.3, 0.4) is 0 Å². The topological polar surface area (TPSA) is 90.7 Å². The molecule has 0 aliphatic rings. The Kier molecular flexibility index (Phi) is 4.39. The van der Waals surface area contributed by atoms with Crippen LogP contribution < -0.4 is 0 Å². The van der Waals surface area contributed by atoms with E-state index in [1.54, 1.807) is 13.0 Å². The number of hydrogen-bond acceptors (Lipinski definition) is 4. The molecule has 0 aliphatic carbocycles. The Morgan fingerprint density at radius 2 is 1.94 bits per heavy atom.